The van der Waals surface area contributed by atoms with E-state index in [4.69, 9.17) is 9.47 Å². The normalized spacial score (nSPS) is 19.8. The van der Waals surface area contributed by atoms with Gasteiger partial charge in [-0.3, -0.25) is 9.69 Å². The molecular formula is C40H50N4O5. The van der Waals surface area contributed by atoms with E-state index in [1.54, 1.807) is 23.1 Å². The molecule has 0 radical (unpaired) electrons. The van der Waals surface area contributed by atoms with Crippen molar-refractivity contribution in [3.63, 3.8) is 0 Å². The van der Waals surface area contributed by atoms with Crippen LogP contribution in [0, 0.1) is 5.92 Å². The summed E-state index contributed by atoms with van der Waals surface area (Å²) in [5, 5.41) is 18.1. The minimum Gasteiger partial charge on any atom is -0.490 e. The van der Waals surface area contributed by atoms with Crippen molar-refractivity contribution in [3.05, 3.63) is 102 Å². The fourth-order valence-electron chi connectivity index (χ4n) is 6.35. The van der Waals surface area contributed by atoms with Crippen LogP contribution in [0.4, 0.5) is 16.2 Å². The molecule has 4 aromatic rings. The molecule has 0 spiro atoms. The van der Waals surface area contributed by atoms with Crippen LogP contribution in [0.2, 0.25) is 0 Å². The highest BCUT2D eigenvalue weighted by atomic mass is 16.5. The molecule has 0 aromatic heterocycles. The van der Waals surface area contributed by atoms with E-state index in [9.17, 15) is 14.7 Å². The maximum absolute atomic E-state index is 14.5. The Kier molecular flexibility index (Phi) is 12.6. The van der Waals surface area contributed by atoms with Gasteiger partial charge in [0, 0.05) is 43.2 Å². The molecule has 0 saturated carbocycles. The van der Waals surface area contributed by atoms with E-state index < -0.39 is 12.1 Å². The lowest BCUT2D eigenvalue weighted by atomic mass is 10.0. The van der Waals surface area contributed by atoms with Crippen molar-refractivity contribution < 1.29 is 24.2 Å². The number of fused-ring (bicyclic) bond motifs is 2. The first kappa shape index (κ1) is 35.9. The van der Waals surface area contributed by atoms with Crippen molar-refractivity contribution in [2.75, 3.05) is 44.0 Å². The number of carbonyl (C=O) groups is 2. The van der Waals surface area contributed by atoms with Crippen LogP contribution < -0.4 is 15.4 Å². The van der Waals surface area contributed by atoms with Gasteiger partial charge in [0.2, 0.25) is 0 Å². The van der Waals surface area contributed by atoms with Crippen LogP contribution in [0.25, 0.3) is 10.8 Å². The van der Waals surface area contributed by atoms with Gasteiger partial charge in [0.1, 0.15) is 5.75 Å². The Morgan fingerprint density at radius 1 is 0.980 bits per heavy atom. The summed E-state index contributed by atoms with van der Waals surface area (Å²) < 4.78 is 12.9. The molecule has 0 unspecified atom stereocenters. The summed E-state index contributed by atoms with van der Waals surface area (Å²) in [4.78, 5) is 31.6. The zero-order valence-electron chi connectivity index (χ0n) is 29.1. The molecule has 1 heterocycles. The van der Waals surface area contributed by atoms with Gasteiger partial charge >= 0.3 is 6.03 Å². The van der Waals surface area contributed by atoms with E-state index in [1.165, 1.54) is 5.56 Å². The number of hydrogen-bond donors (Lipinski definition) is 3. The molecule has 0 bridgehead atoms. The standard InChI is InChI=1S/C40H50N4O5/c1-28-24-44(29(2)27-45)39(46)35-23-33(41-40(47)42-36-19-12-17-32-16-8-9-18-34(32)36)20-21-37(35)49-30(3)13-10-11-22-48-38(28)26-43(4)25-31-14-6-5-7-15-31/h5-9,12,14-21,23,28-30,38,45H,10-11,13,22,24-27H2,1-4H3,(H2,41,42,47)/t28-,29-,30+,38+/m0/s1. The molecule has 1 aliphatic rings. The predicted molar refractivity (Wildman–Crippen MR) is 196 cm³/mol. The first-order valence-corrected chi connectivity index (χ1v) is 17.3. The Hall–Kier alpha value is -4.44. The van der Waals surface area contributed by atoms with Gasteiger partial charge in [0.15, 0.2) is 0 Å². The molecule has 5 rings (SSSR count). The van der Waals surface area contributed by atoms with Crippen LogP contribution in [0.1, 0.15) is 56.0 Å². The Bertz CT molecular complexity index is 1680. The van der Waals surface area contributed by atoms with Crippen molar-refractivity contribution >= 4 is 34.1 Å². The number of urea groups is 1. The Labute approximate surface area is 290 Å². The zero-order valence-corrected chi connectivity index (χ0v) is 29.1. The molecule has 3 amide bonds. The molecule has 260 valence electrons. The maximum Gasteiger partial charge on any atom is 0.323 e. The molecule has 0 fully saturated rings. The number of amides is 3. The molecule has 0 aliphatic carbocycles. The van der Waals surface area contributed by atoms with Crippen LogP contribution in [0.3, 0.4) is 0 Å². The monoisotopic (exact) mass is 666 g/mol. The van der Waals surface area contributed by atoms with Gasteiger partial charge in [-0.2, -0.15) is 0 Å². The molecule has 4 aromatic carbocycles. The quantitative estimate of drug-likeness (QED) is 0.181. The third kappa shape index (κ3) is 9.81. The summed E-state index contributed by atoms with van der Waals surface area (Å²) in [5.41, 5.74) is 2.70. The van der Waals surface area contributed by atoms with Crippen LogP contribution >= 0.6 is 0 Å². The van der Waals surface area contributed by atoms with Crippen molar-refractivity contribution in [1.82, 2.24) is 9.80 Å². The summed E-state index contributed by atoms with van der Waals surface area (Å²) in [6.07, 6.45) is 2.36. The van der Waals surface area contributed by atoms with Gasteiger partial charge < -0.3 is 30.1 Å². The highest BCUT2D eigenvalue weighted by molar-refractivity contribution is 6.07. The fraction of sp³-hybridized carbons (Fsp3) is 0.400. The number of likely N-dealkylation sites (N-methyl/N-ethyl adjacent to an activating group) is 1. The zero-order chi connectivity index (χ0) is 34.8. The highest BCUT2D eigenvalue weighted by Gasteiger charge is 2.30. The smallest absolute Gasteiger partial charge is 0.323 e. The van der Waals surface area contributed by atoms with Gasteiger partial charge in [-0.1, -0.05) is 73.7 Å². The number of ether oxygens (including phenoxy) is 2. The van der Waals surface area contributed by atoms with Crippen LogP contribution in [-0.4, -0.2) is 78.4 Å². The molecule has 3 N–H and O–H groups in total. The second kappa shape index (κ2) is 17.3. The maximum atomic E-state index is 14.5. The summed E-state index contributed by atoms with van der Waals surface area (Å²) >= 11 is 0. The lowest BCUT2D eigenvalue weighted by Crippen LogP contribution is -2.47. The van der Waals surface area contributed by atoms with Gasteiger partial charge in [-0.25, -0.2) is 4.79 Å². The van der Waals surface area contributed by atoms with Crippen LogP contribution in [-0.2, 0) is 11.3 Å². The summed E-state index contributed by atoms with van der Waals surface area (Å²) in [5.74, 6) is 0.144. The lowest BCUT2D eigenvalue weighted by Gasteiger charge is -2.36. The second-order valence-electron chi connectivity index (χ2n) is 13.3. The van der Waals surface area contributed by atoms with E-state index in [1.807, 2.05) is 74.5 Å². The first-order chi connectivity index (χ1) is 23.7. The van der Waals surface area contributed by atoms with E-state index in [2.05, 4.69) is 41.6 Å². The van der Waals surface area contributed by atoms with Crippen LogP contribution in [0.5, 0.6) is 5.75 Å². The van der Waals surface area contributed by atoms with Crippen molar-refractivity contribution in [2.24, 2.45) is 5.92 Å². The Morgan fingerprint density at radius 3 is 2.53 bits per heavy atom. The number of carbonyl (C=O) groups excluding carboxylic acids is 2. The number of nitrogens with one attached hydrogen (secondary N) is 2. The van der Waals surface area contributed by atoms with Gasteiger partial charge in [0.25, 0.3) is 5.91 Å². The number of hydrogen-bond acceptors (Lipinski definition) is 6. The van der Waals surface area contributed by atoms with E-state index in [0.29, 0.717) is 42.4 Å². The number of anilines is 2. The van der Waals surface area contributed by atoms with Crippen molar-refractivity contribution in [2.45, 2.75) is 64.8 Å². The number of rotatable bonds is 8. The van der Waals surface area contributed by atoms with Crippen molar-refractivity contribution in [3.8, 4) is 5.75 Å². The molecule has 4 atom stereocenters. The summed E-state index contributed by atoms with van der Waals surface area (Å²) in [6, 6.07) is 28.2. The molecular weight excluding hydrogens is 616 g/mol. The van der Waals surface area contributed by atoms with Crippen LogP contribution in [0.15, 0.2) is 91.0 Å². The van der Waals surface area contributed by atoms with Crippen molar-refractivity contribution in [1.29, 1.82) is 0 Å². The first-order valence-electron chi connectivity index (χ1n) is 17.3. The third-order valence-corrected chi connectivity index (χ3v) is 9.13. The number of aliphatic hydroxyl groups is 1. The lowest BCUT2D eigenvalue weighted by molar-refractivity contribution is -0.0177. The number of nitrogens with zero attached hydrogens (tertiary/aromatic N) is 2. The molecule has 0 saturated heterocycles. The molecule has 49 heavy (non-hydrogen) atoms. The molecule has 1 aliphatic heterocycles. The number of benzene rings is 4. The predicted octanol–water partition coefficient (Wildman–Crippen LogP) is 7.41. The van der Waals surface area contributed by atoms with Gasteiger partial charge in [0.05, 0.1) is 36.1 Å². The molecule has 9 heteroatoms. The minimum atomic E-state index is -0.456. The summed E-state index contributed by atoms with van der Waals surface area (Å²) in [7, 11) is 2.09. The topological polar surface area (TPSA) is 103 Å². The number of aliphatic hydroxyl groups excluding tert-OH is 1. The molecule has 9 nitrogen and oxygen atoms in total. The SMILES string of the molecule is C[C@@H]1CCCCO[C@H](CN(C)Cc2ccccc2)[C@@H](C)CN([C@@H](C)CO)C(=O)c2cc(NC(=O)Nc3cccc4ccccc34)ccc2O1. The van der Waals surface area contributed by atoms with E-state index in [0.717, 1.165) is 36.6 Å². The van der Waals surface area contributed by atoms with Gasteiger partial charge in [-0.15, -0.1) is 0 Å². The second-order valence-corrected chi connectivity index (χ2v) is 13.3. The fourth-order valence-corrected chi connectivity index (χ4v) is 6.35. The van der Waals surface area contributed by atoms with E-state index >= 15 is 0 Å². The average Bonchev–Trinajstić information content (AvgIpc) is 3.10. The summed E-state index contributed by atoms with van der Waals surface area (Å²) in [6.45, 7) is 8.23. The average molecular weight is 667 g/mol. The minimum absolute atomic E-state index is 0.0322. The Morgan fingerprint density at radius 2 is 1.73 bits per heavy atom. The third-order valence-electron chi connectivity index (χ3n) is 9.13. The van der Waals surface area contributed by atoms with E-state index in [-0.39, 0.29) is 30.6 Å². The van der Waals surface area contributed by atoms with Gasteiger partial charge in [-0.05, 0) is 75.4 Å². The highest BCUT2D eigenvalue weighted by Crippen LogP contribution is 2.29. The Balaban J connectivity index is 1.39. The largest absolute Gasteiger partial charge is 0.490 e.